The van der Waals surface area contributed by atoms with Gasteiger partial charge in [-0.25, -0.2) is 4.79 Å². The number of benzene rings is 2. The fourth-order valence-electron chi connectivity index (χ4n) is 2.05. The quantitative estimate of drug-likeness (QED) is 0.822. The summed E-state index contributed by atoms with van der Waals surface area (Å²) in [6, 6.07) is 12.8. The van der Waals surface area contributed by atoms with Gasteiger partial charge < -0.3 is 9.47 Å². The standard InChI is InChI=1S/C18H20ClNO3/c1-18(2,3)23-17(21)20-16-10-7-13(19)11-15(16)12-5-8-14(22-4)9-6-12/h5-11H,1-4H3,(H,20,21). The summed E-state index contributed by atoms with van der Waals surface area (Å²) in [5.41, 5.74) is 1.80. The van der Waals surface area contributed by atoms with E-state index in [-0.39, 0.29) is 0 Å². The van der Waals surface area contributed by atoms with E-state index in [4.69, 9.17) is 21.1 Å². The summed E-state index contributed by atoms with van der Waals surface area (Å²) >= 11 is 6.10. The third-order valence-corrected chi connectivity index (χ3v) is 3.25. The van der Waals surface area contributed by atoms with Crippen molar-refractivity contribution in [3.8, 4) is 16.9 Å². The third-order valence-electron chi connectivity index (χ3n) is 3.02. The molecule has 1 N–H and O–H groups in total. The number of hydrogen-bond donors (Lipinski definition) is 1. The van der Waals surface area contributed by atoms with Crippen LogP contribution >= 0.6 is 11.6 Å². The monoisotopic (exact) mass is 333 g/mol. The van der Waals surface area contributed by atoms with Crippen LogP contribution in [-0.2, 0) is 4.74 Å². The Morgan fingerprint density at radius 3 is 2.30 bits per heavy atom. The number of hydrogen-bond acceptors (Lipinski definition) is 3. The highest BCUT2D eigenvalue weighted by Crippen LogP contribution is 2.32. The van der Waals surface area contributed by atoms with Gasteiger partial charge in [0.15, 0.2) is 0 Å². The molecule has 0 saturated carbocycles. The molecule has 4 nitrogen and oxygen atoms in total. The predicted molar refractivity (Wildman–Crippen MR) is 93.3 cm³/mol. The van der Waals surface area contributed by atoms with E-state index in [2.05, 4.69) is 5.32 Å². The molecule has 0 atom stereocenters. The van der Waals surface area contributed by atoms with Crippen LogP contribution in [0.2, 0.25) is 5.02 Å². The number of rotatable bonds is 3. The minimum atomic E-state index is -0.559. The van der Waals surface area contributed by atoms with E-state index in [0.29, 0.717) is 10.7 Å². The minimum Gasteiger partial charge on any atom is -0.497 e. The van der Waals surface area contributed by atoms with Gasteiger partial charge in [-0.2, -0.15) is 0 Å². The molecular weight excluding hydrogens is 314 g/mol. The Kier molecular flexibility index (Phi) is 5.16. The molecule has 2 aromatic carbocycles. The van der Waals surface area contributed by atoms with E-state index in [9.17, 15) is 4.79 Å². The Morgan fingerprint density at radius 1 is 1.09 bits per heavy atom. The first kappa shape index (κ1) is 17.2. The number of carbonyl (C=O) groups is 1. The summed E-state index contributed by atoms with van der Waals surface area (Å²) in [6.07, 6.45) is -0.505. The number of anilines is 1. The molecule has 0 heterocycles. The van der Waals surface area contributed by atoms with E-state index in [1.807, 2.05) is 45.0 Å². The Balaban J connectivity index is 2.31. The molecule has 23 heavy (non-hydrogen) atoms. The Bertz CT molecular complexity index is 690. The molecule has 0 fully saturated rings. The van der Waals surface area contributed by atoms with E-state index < -0.39 is 11.7 Å². The van der Waals surface area contributed by atoms with E-state index in [1.54, 1.807) is 25.3 Å². The van der Waals surface area contributed by atoms with E-state index in [0.717, 1.165) is 16.9 Å². The van der Waals surface area contributed by atoms with Crippen molar-refractivity contribution in [3.05, 3.63) is 47.5 Å². The van der Waals surface area contributed by atoms with Crippen LogP contribution < -0.4 is 10.1 Å². The first-order valence-electron chi connectivity index (χ1n) is 7.22. The summed E-state index contributed by atoms with van der Waals surface area (Å²) in [7, 11) is 1.61. The molecule has 0 aliphatic rings. The smallest absolute Gasteiger partial charge is 0.412 e. The van der Waals surface area contributed by atoms with Crippen molar-refractivity contribution in [1.82, 2.24) is 0 Å². The lowest BCUT2D eigenvalue weighted by molar-refractivity contribution is 0.0636. The van der Waals surface area contributed by atoms with Crippen LogP contribution in [0, 0.1) is 0 Å². The molecule has 0 aliphatic carbocycles. The molecule has 2 rings (SSSR count). The number of nitrogens with one attached hydrogen (secondary N) is 1. The maximum atomic E-state index is 12.0. The van der Waals surface area contributed by atoms with Gasteiger partial charge in [0.2, 0.25) is 0 Å². The minimum absolute atomic E-state index is 0.505. The summed E-state index contributed by atoms with van der Waals surface area (Å²) < 4.78 is 10.5. The van der Waals surface area contributed by atoms with Crippen molar-refractivity contribution >= 4 is 23.4 Å². The summed E-state index contributed by atoms with van der Waals surface area (Å²) in [5.74, 6) is 0.762. The molecule has 1 amide bonds. The zero-order chi connectivity index (χ0) is 17.0. The van der Waals surface area contributed by atoms with Crippen LogP contribution in [-0.4, -0.2) is 18.8 Å². The molecule has 0 unspecified atom stereocenters. The Morgan fingerprint density at radius 2 is 1.74 bits per heavy atom. The number of methoxy groups -OCH3 is 1. The van der Waals surface area contributed by atoms with Crippen molar-refractivity contribution in [2.75, 3.05) is 12.4 Å². The molecule has 0 saturated heterocycles. The predicted octanol–water partition coefficient (Wildman–Crippen LogP) is 5.36. The number of carbonyl (C=O) groups excluding carboxylic acids is 1. The second-order valence-electron chi connectivity index (χ2n) is 6.05. The molecule has 122 valence electrons. The van der Waals surface area contributed by atoms with Gasteiger partial charge in [-0.3, -0.25) is 5.32 Å². The van der Waals surface area contributed by atoms with Crippen molar-refractivity contribution in [3.63, 3.8) is 0 Å². The van der Waals surface area contributed by atoms with Crippen LogP contribution in [0.4, 0.5) is 10.5 Å². The second kappa shape index (κ2) is 6.92. The highest BCUT2D eigenvalue weighted by molar-refractivity contribution is 6.31. The van der Waals surface area contributed by atoms with Gasteiger partial charge in [0.1, 0.15) is 11.4 Å². The van der Waals surface area contributed by atoms with Gasteiger partial charge >= 0.3 is 6.09 Å². The van der Waals surface area contributed by atoms with Gasteiger partial charge in [-0.1, -0.05) is 23.7 Å². The topological polar surface area (TPSA) is 47.6 Å². The molecule has 0 aliphatic heterocycles. The first-order chi connectivity index (χ1) is 10.8. The van der Waals surface area contributed by atoms with Gasteiger partial charge in [0, 0.05) is 10.6 Å². The van der Waals surface area contributed by atoms with Crippen LogP contribution in [0.3, 0.4) is 0 Å². The molecule has 5 heteroatoms. The fourth-order valence-corrected chi connectivity index (χ4v) is 2.22. The lowest BCUT2D eigenvalue weighted by Gasteiger charge is -2.20. The SMILES string of the molecule is COc1ccc(-c2cc(Cl)ccc2NC(=O)OC(C)(C)C)cc1. The number of amides is 1. The summed E-state index contributed by atoms with van der Waals surface area (Å²) in [4.78, 5) is 12.0. The normalized spacial score (nSPS) is 11.0. The zero-order valence-corrected chi connectivity index (χ0v) is 14.4. The zero-order valence-electron chi connectivity index (χ0n) is 13.6. The van der Waals surface area contributed by atoms with Gasteiger partial charge in [0.25, 0.3) is 0 Å². The van der Waals surface area contributed by atoms with Crippen molar-refractivity contribution in [2.24, 2.45) is 0 Å². The van der Waals surface area contributed by atoms with Crippen LogP contribution in [0.1, 0.15) is 20.8 Å². The molecule has 0 spiro atoms. The average Bonchev–Trinajstić information content (AvgIpc) is 2.47. The van der Waals surface area contributed by atoms with Gasteiger partial charge in [0.05, 0.1) is 12.8 Å². The average molecular weight is 334 g/mol. The highest BCUT2D eigenvalue weighted by Gasteiger charge is 2.17. The molecule has 0 radical (unpaired) electrons. The molecular formula is C18H20ClNO3. The molecule has 0 bridgehead atoms. The summed E-state index contributed by atoms with van der Waals surface area (Å²) in [6.45, 7) is 5.45. The van der Waals surface area contributed by atoms with Crippen LogP contribution in [0.15, 0.2) is 42.5 Å². The van der Waals surface area contributed by atoms with Crippen molar-refractivity contribution in [2.45, 2.75) is 26.4 Å². The van der Waals surface area contributed by atoms with Crippen LogP contribution in [0.5, 0.6) is 5.75 Å². The number of ether oxygens (including phenoxy) is 2. The van der Waals surface area contributed by atoms with Gasteiger partial charge in [-0.15, -0.1) is 0 Å². The molecule has 2 aromatic rings. The number of halogens is 1. The Labute approximate surface area is 141 Å². The highest BCUT2D eigenvalue weighted by atomic mass is 35.5. The Hall–Kier alpha value is -2.20. The second-order valence-corrected chi connectivity index (χ2v) is 6.48. The van der Waals surface area contributed by atoms with Crippen molar-refractivity contribution in [1.29, 1.82) is 0 Å². The largest absolute Gasteiger partial charge is 0.497 e. The van der Waals surface area contributed by atoms with Crippen molar-refractivity contribution < 1.29 is 14.3 Å². The van der Waals surface area contributed by atoms with E-state index in [1.165, 1.54) is 0 Å². The lowest BCUT2D eigenvalue weighted by atomic mass is 10.0. The maximum Gasteiger partial charge on any atom is 0.412 e. The fraction of sp³-hybridized carbons (Fsp3) is 0.278. The lowest BCUT2D eigenvalue weighted by Crippen LogP contribution is -2.27. The first-order valence-corrected chi connectivity index (χ1v) is 7.60. The summed E-state index contributed by atoms with van der Waals surface area (Å²) in [5, 5.41) is 3.36. The van der Waals surface area contributed by atoms with E-state index >= 15 is 0 Å². The van der Waals surface area contributed by atoms with Crippen LogP contribution in [0.25, 0.3) is 11.1 Å². The molecule has 0 aromatic heterocycles. The maximum absolute atomic E-state index is 12.0. The third kappa shape index (κ3) is 4.89. The van der Waals surface area contributed by atoms with Gasteiger partial charge in [-0.05, 0) is 56.7 Å².